The van der Waals surface area contributed by atoms with Gasteiger partial charge in [-0.1, -0.05) is 13.8 Å². The van der Waals surface area contributed by atoms with Gasteiger partial charge in [0.05, 0.1) is 0 Å². The zero-order valence-corrected chi connectivity index (χ0v) is 13.3. The number of halogens is 1. The highest BCUT2D eigenvalue weighted by molar-refractivity contribution is 9.10. The lowest BCUT2D eigenvalue weighted by Crippen LogP contribution is -2.52. The third-order valence-electron chi connectivity index (χ3n) is 3.36. The van der Waals surface area contributed by atoms with Gasteiger partial charge in [0.15, 0.2) is 10.2 Å². The van der Waals surface area contributed by atoms with Gasteiger partial charge in [0.2, 0.25) is 5.91 Å². The molecule has 1 aromatic rings. The molecule has 0 spiro atoms. The molecule has 1 amide bonds. The van der Waals surface area contributed by atoms with Crippen molar-refractivity contribution in [3.63, 3.8) is 0 Å². The van der Waals surface area contributed by atoms with Crippen LogP contribution in [0.2, 0.25) is 0 Å². The molecule has 0 aliphatic rings. The molecule has 0 saturated carbocycles. The number of primary amides is 1. The Morgan fingerprint density at radius 3 is 2.53 bits per heavy atom. The summed E-state index contributed by atoms with van der Waals surface area (Å²) in [5, 5.41) is 3.19. The second-order valence-corrected chi connectivity index (χ2v) is 5.33. The summed E-state index contributed by atoms with van der Waals surface area (Å²) in [6, 6.07) is 3.50. The van der Waals surface area contributed by atoms with Crippen molar-refractivity contribution in [3.05, 3.63) is 22.6 Å². The third-order valence-corrected chi connectivity index (χ3v) is 3.79. The average molecular weight is 332 g/mol. The van der Waals surface area contributed by atoms with Crippen molar-refractivity contribution in [2.45, 2.75) is 26.3 Å². The van der Waals surface area contributed by atoms with Gasteiger partial charge in [-0.2, -0.15) is 0 Å². The van der Waals surface area contributed by atoms with Crippen LogP contribution in [0.3, 0.4) is 0 Å². The molecule has 0 aliphatic heterocycles. The van der Waals surface area contributed by atoms with Crippen molar-refractivity contribution in [1.82, 2.24) is 10.2 Å². The Morgan fingerprint density at radius 1 is 1.47 bits per heavy atom. The maximum atomic E-state index is 11.7. The van der Waals surface area contributed by atoms with E-state index in [0.29, 0.717) is 17.0 Å². The number of hydrogen-bond donors (Lipinski definition) is 2. The summed E-state index contributed by atoms with van der Waals surface area (Å²) in [6.07, 6.45) is 0. The van der Waals surface area contributed by atoms with E-state index in [9.17, 15) is 4.79 Å². The zero-order valence-electron chi connectivity index (χ0n) is 11.7. The fourth-order valence-electron chi connectivity index (χ4n) is 1.88. The summed E-state index contributed by atoms with van der Waals surface area (Å²) in [4.78, 5) is 14.0. The summed E-state index contributed by atoms with van der Waals surface area (Å²) < 4.78 is 6.04. The molecule has 19 heavy (non-hydrogen) atoms. The van der Waals surface area contributed by atoms with E-state index in [2.05, 4.69) is 40.0 Å². The number of hydrogen-bond acceptors (Lipinski definition) is 4. The number of amides is 1. The second-order valence-electron chi connectivity index (χ2n) is 4.55. The monoisotopic (exact) mass is 331 g/mol. The first-order chi connectivity index (χ1) is 8.93. The molecular formula is C13H22BrN3O2. The highest BCUT2D eigenvalue weighted by Crippen LogP contribution is 2.25. The number of carbonyl (C=O) groups is 1. The summed E-state index contributed by atoms with van der Waals surface area (Å²) in [5.41, 5.74) is 4.52. The van der Waals surface area contributed by atoms with E-state index in [1.54, 1.807) is 19.1 Å². The third kappa shape index (κ3) is 4.06. The average Bonchev–Trinajstić information content (AvgIpc) is 2.81. The molecule has 0 fully saturated rings. The predicted octanol–water partition coefficient (Wildman–Crippen LogP) is 1.67. The molecular weight excluding hydrogens is 310 g/mol. The van der Waals surface area contributed by atoms with Gasteiger partial charge in [0.25, 0.3) is 0 Å². The van der Waals surface area contributed by atoms with Gasteiger partial charge in [-0.15, -0.1) is 0 Å². The van der Waals surface area contributed by atoms with E-state index >= 15 is 0 Å². The number of furan rings is 1. The lowest BCUT2D eigenvalue weighted by molar-refractivity contribution is -0.124. The minimum absolute atomic E-state index is 0.450. The molecule has 0 aromatic carbocycles. The minimum atomic E-state index is -0.987. The molecule has 108 valence electrons. The molecule has 1 rings (SSSR count). The van der Waals surface area contributed by atoms with Gasteiger partial charge in [-0.25, -0.2) is 0 Å². The summed E-state index contributed by atoms with van der Waals surface area (Å²) in [6.45, 7) is 9.45. The number of nitrogens with zero attached hydrogens (tertiary/aromatic N) is 1. The number of nitrogens with one attached hydrogen (secondary N) is 1. The molecule has 0 radical (unpaired) electrons. The largest absolute Gasteiger partial charge is 0.452 e. The van der Waals surface area contributed by atoms with Gasteiger partial charge < -0.3 is 15.1 Å². The molecule has 1 unspecified atom stereocenters. The normalized spacial score (nSPS) is 14.6. The Labute approximate surface area is 122 Å². The Hall–Kier alpha value is -0.850. The molecule has 0 aliphatic carbocycles. The van der Waals surface area contributed by atoms with Crippen LogP contribution in [0.4, 0.5) is 0 Å². The molecule has 5 nitrogen and oxygen atoms in total. The van der Waals surface area contributed by atoms with Crippen LogP contribution in [0.1, 0.15) is 26.5 Å². The maximum Gasteiger partial charge on any atom is 0.245 e. The van der Waals surface area contributed by atoms with Crippen LogP contribution in [0, 0.1) is 0 Å². The second kappa shape index (κ2) is 7.07. The smallest absolute Gasteiger partial charge is 0.245 e. The SMILES string of the molecule is CCN(CC)CCNC(C)(C(N)=O)c1ccc(Br)o1. The summed E-state index contributed by atoms with van der Waals surface area (Å²) >= 11 is 3.23. The molecule has 1 aromatic heterocycles. The van der Waals surface area contributed by atoms with Gasteiger partial charge in [-0.3, -0.25) is 10.1 Å². The summed E-state index contributed by atoms with van der Waals surface area (Å²) in [7, 11) is 0. The topological polar surface area (TPSA) is 71.5 Å². The predicted molar refractivity (Wildman–Crippen MR) is 78.7 cm³/mol. The van der Waals surface area contributed by atoms with E-state index in [-0.39, 0.29) is 0 Å². The van der Waals surface area contributed by atoms with Crippen molar-refractivity contribution in [2.24, 2.45) is 5.73 Å². The number of rotatable bonds is 8. The molecule has 0 bridgehead atoms. The first kappa shape index (κ1) is 16.2. The van der Waals surface area contributed by atoms with Crippen LogP contribution in [-0.4, -0.2) is 37.0 Å². The van der Waals surface area contributed by atoms with Crippen LogP contribution in [0.15, 0.2) is 21.2 Å². The first-order valence-electron chi connectivity index (χ1n) is 6.47. The lowest BCUT2D eigenvalue weighted by atomic mass is 9.98. The van der Waals surface area contributed by atoms with Crippen LogP contribution >= 0.6 is 15.9 Å². The van der Waals surface area contributed by atoms with E-state index in [1.165, 1.54) is 0 Å². The molecule has 1 heterocycles. The summed E-state index contributed by atoms with van der Waals surface area (Å²) in [5.74, 6) is 0.0697. The zero-order chi connectivity index (χ0) is 14.5. The fraction of sp³-hybridized carbons (Fsp3) is 0.615. The quantitative estimate of drug-likeness (QED) is 0.760. The Morgan fingerprint density at radius 2 is 2.11 bits per heavy atom. The first-order valence-corrected chi connectivity index (χ1v) is 7.26. The lowest BCUT2D eigenvalue weighted by Gasteiger charge is -2.27. The fourth-order valence-corrected chi connectivity index (χ4v) is 2.19. The van der Waals surface area contributed by atoms with Crippen LogP contribution in [0.5, 0.6) is 0 Å². The van der Waals surface area contributed by atoms with Gasteiger partial charge >= 0.3 is 0 Å². The number of nitrogens with two attached hydrogens (primary N) is 1. The van der Waals surface area contributed by atoms with Crippen molar-refractivity contribution in [2.75, 3.05) is 26.2 Å². The number of carbonyl (C=O) groups excluding carboxylic acids is 1. The van der Waals surface area contributed by atoms with Crippen LogP contribution in [-0.2, 0) is 10.3 Å². The van der Waals surface area contributed by atoms with Gasteiger partial charge in [-0.05, 0) is 48.1 Å². The van der Waals surface area contributed by atoms with E-state index < -0.39 is 11.4 Å². The van der Waals surface area contributed by atoms with Gasteiger partial charge in [0.1, 0.15) is 5.76 Å². The van der Waals surface area contributed by atoms with Crippen molar-refractivity contribution < 1.29 is 9.21 Å². The molecule has 0 saturated heterocycles. The molecule has 3 N–H and O–H groups in total. The minimum Gasteiger partial charge on any atom is -0.452 e. The van der Waals surface area contributed by atoms with E-state index in [4.69, 9.17) is 10.2 Å². The van der Waals surface area contributed by atoms with E-state index in [0.717, 1.165) is 19.6 Å². The highest BCUT2D eigenvalue weighted by Gasteiger charge is 2.35. The van der Waals surface area contributed by atoms with E-state index in [1.807, 2.05) is 0 Å². The van der Waals surface area contributed by atoms with Crippen molar-refractivity contribution >= 4 is 21.8 Å². The maximum absolute atomic E-state index is 11.7. The number of likely N-dealkylation sites (N-methyl/N-ethyl adjacent to an activating group) is 1. The Bertz CT molecular complexity index is 418. The van der Waals surface area contributed by atoms with Crippen molar-refractivity contribution in [1.29, 1.82) is 0 Å². The molecule has 1 atom stereocenters. The van der Waals surface area contributed by atoms with Crippen molar-refractivity contribution in [3.8, 4) is 0 Å². The standard InChI is InChI=1S/C13H22BrN3O2/c1-4-17(5-2)9-8-16-13(3,12(15)18)10-6-7-11(14)19-10/h6-7,16H,4-5,8-9H2,1-3H3,(H2,15,18). The van der Waals surface area contributed by atoms with Crippen LogP contribution < -0.4 is 11.1 Å². The van der Waals surface area contributed by atoms with Gasteiger partial charge in [0, 0.05) is 13.1 Å². The Balaban J connectivity index is 2.70. The van der Waals surface area contributed by atoms with Crippen LogP contribution in [0.25, 0.3) is 0 Å². The highest BCUT2D eigenvalue weighted by atomic mass is 79.9. The Kier molecular flexibility index (Phi) is 6.03. The molecule has 6 heteroatoms.